The van der Waals surface area contributed by atoms with Crippen molar-refractivity contribution in [2.75, 3.05) is 0 Å². The SMILES string of the molecule is c1ccc(-c2ccccc2-n2c3ccccc3c3c(-c4ccccc4)ccc(-n4c5ccccc5c5cccc([Si](c6ccccc6)(c6ccccc6)c6ccccc6)c54)c32)cc1. The van der Waals surface area contributed by atoms with Gasteiger partial charge < -0.3 is 9.13 Å². The molecule has 0 saturated heterocycles. The van der Waals surface area contributed by atoms with Crippen LogP contribution in [0.1, 0.15) is 0 Å². The number of hydrogen-bond donors (Lipinski definition) is 0. The summed E-state index contributed by atoms with van der Waals surface area (Å²) in [4.78, 5) is 0. The molecule has 0 N–H and O–H groups in total. The van der Waals surface area contributed by atoms with E-state index in [1.54, 1.807) is 0 Å². The molecule has 0 saturated carbocycles. The van der Waals surface area contributed by atoms with E-state index in [4.69, 9.17) is 0 Å². The van der Waals surface area contributed by atoms with Gasteiger partial charge in [0.15, 0.2) is 8.07 Å². The Morgan fingerprint density at radius 1 is 0.270 bits per heavy atom. The van der Waals surface area contributed by atoms with Crippen molar-refractivity contribution >= 4 is 72.4 Å². The lowest BCUT2D eigenvalue weighted by atomic mass is 9.98. The molecule has 0 radical (unpaired) electrons. The molecule has 12 aromatic rings. The molecule has 12 rings (SSSR count). The maximum atomic E-state index is 2.62. The molecule has 0 bridgehead atoms. The molecule has 2 aromatic heterocycles. The van der Waals surface area contributed by atoms with Gasteiger partial charge in [0, 0.05) is 27.1 Å². The highest BCUT2D eigenvalue weighted by molar-refractivity contribution is 7.20. The van der Waals surface area contributed by atoms with Crippen molar-refractivity contribution in [3.63, 3.8) is 0 Å². The quantitative estimate of drug-likeness (QED) is 0.107. The van der Waals surface area contributed by atoms with E-state index < -0.39 is 8.07 Å². The minimum atomic E-state index is -3.01. The Hall–Kier alpha value is -7.98. The second kappa shape index (κ2) is 15.2. The van der Waals surface area contributed by atoms with Gasteiger partial charge in [0.25, 0.3) is 0 Å². The van der Waals surface area contributed by atoms with Crippen LogP contribution in [0, 0.1) is 0 Å². The third-order valence-corrected chi connectivity index (χ3v) is 17.9. The summed E-state index contributed by atoms with van der Waals surface area (Å²) in [6.45, 7) is 0. The van der Waals surface area contributed by atoms with E-state index in [9.17, 15) is 0 Å². The van der Waals surface area contributed by atoms with E-state index in [1.807, 2.05) is 0 Å². The topological polar surface area (TPSA) is 9.86 Å². The van der Waals surface area contributed by atoms with Gasteiger partial charge in [0.05, 0.1) is 33.4 Å². The van der Waals surface area contributed by atoms with E-state index in [1.165, 1.54) is 86.6 Å². The monoisotopic (exact) mass is 818 g/mol. The first-order chi connectivity index (χ1) is 31.3. The number of hydrogen-bond acceptors (Lipinski definition) is 0. The third kappa shape index (κ3) is 5.71. The highest BCUT2D eigenvalue weighted by atomic mass is 28.3. The molecule has 296 valence electrons. The highest BCUT2D eigenvalue weighted by Gasteiger charge is 2.43. The van der Waals surface area contributed by atoms with Crippen LogP contribution in [-0.2, 0) is 0 Å². The van der Waals surface area contributed by atoms with Gasteiger partial charge in [-0.3, -0.25) is 0 Å². The summed E-state index contributed by atoms with van der Waals surface area (Å²) >= 11 is 0. The zero-order valence-electron chi connectivity index (χ0n) is 34.6. The van der Waals surface area contributed by atoms with Crippen molar-refractivity contribution in [1.82, 2.24) is 9.13 Å². The van der Waals surface area contributed by atoms with Crippen LogP contribution in [0.5, 0.6) is 0 Å². The Morgan fingerprint density at radius 3 is 1.32 bits per heavy atom. The molecule has 0 aliphatic heterocycles. The lowest BCUT2D eigenvalue weighted by Gasteiger charge is -2.35. The molecule has 0 aliphatic rings. The number of rotatable bonds is 8. The minimum Gasteiger partial charge on any atom is -0.307 e. The fourth-order valence-corrected chi connectivity index (χ4v) is 15.5. The van der Waals surface area contributed by atoms with Crippen molar-refractivity contribution in [1.29, 1.82) is 0 Å². The van der Waals surface area contributed by atoms with Crippen LogP contribution in [0.3, 0.4) is 0 Å². The van der Waals surface area contributed by atoms with Gasteiger partial charge in [0.1, 0.15) is 0 Å². The van der Waals surface area contributed by atoms with Crippen LogP contribution in [0.2, 0.25) is 0 Å². The number of benzene rings is 10. The summed E-state index contributed by atoms with van der Waals surface area (Å²) in [5.41, 5.74) is 11.8. The van der Waals surface area contributed by atoms with E-state index in [0.717, 1.165) is 11.4 Å². The first-order valence-electron chi connectivity index (χ1n) is 21.8. The predicted molar refractivity (Wildman–Crippen MR) is 270 cm³/mol. The molecular weight excluding hydrogens is 777 g/mol. The predicted octanol–water partition coefficient (Wildman–Crippen LogP) is 12.6. The van der Waals surface area contributed by atoms with Gasteiger partial charge in [-0.25, -0.2) is 0 Å². The van der Waals surface area contributed by atoms with Gasteiger partial charge in [0.2, 0.25) is 0 Å². The molecule has 10 aromatic carbocycles. The Bertz CT molecular complexity index is 3500. The molecule has 0 atom stereocenters. The number of fused-ring (bicyclic) bond motifs is 6. The zero-order valence-corrected chi connectivity index (χ0v) is 35.6. The fourth-order valence-electron chi connectivity index (χ4n) is 10.5. The fraction of sp³-hybridized carbons (Fsp3) is 0. The maximum Gasteiger partial charge on any atom is 0.181 e. The van der Waals surface area contributed by atoms with Gasteiger partial charge in [-0.05, 0) is 61.7 Å². The average molecular weight is 819 g/mol. The summed E-state index contributed by atoms with van der Waals surface area (Å²) < 4.78 is 5.17. The largest absolute Gasteiger partial charge is 0.307 e. The molecular formula is C60H42N2Si. The minimum absolute atomic E-state index is 1.14. The second-order valence-corrected chi connectivity index (χ2v) is 20.1. The van der Waals surface area contributed by atoms with Gasteiger partial charge in [-0.15, -0.1) is 0 Å². The summed E-state index contributed by atoms with van der Waals surface area (Å²) in [5, 5.41) is 10.3. The smallest absolute Gasteiger partial charge is 0.181 e. The Labute approximate surface area is 368 Å². The number of para-hydroxylation sites is 4. The van der Waals surface area contributed by atoms with E-state index >= 15 is 0 Å². The highest BCUT2D eigenvalue weighted by Crippen LogP contribution is 2.45. The molecule has 2 nitrogen and oxygen atoms in total. The Kier molecular flexibility index (Phi) is 8.87. The van der Waals surface area contributed by atoms with Crippen LogP contribution in [0.25, 0.3) is 77.2 Å². The van der Waals surface area contributed by atoms with Crippen LogP contribution >= 0.6 is 0 Å². The van der Waals surface area contributed by atoms with Crippen molar-refractivity contribution in [3.05, 3.63) is 255 Å². The Morgan fingerprint density at radius 2 is 0.714 bits per heavy atom. The maximum absolute atomic E-state index is 3.01. The van der Waals surface area contributed by atoms with E-state index in [0.29, 0.717) is 0 Å². The van der Waals surface area contributed by atoms with Gasteiger partial charge in [-0.1, -0.05) is 231 Å². The van der Waals surface area contributed by atoms with Crippen LogP contribution in [0.15, 0.2) is 255 Å². The zero-order chi connectivity index (χ0) is 41.7. The summed E-state index contributed by atoms with van der Waals surface area (Å²) in [5.74, 6) is 0. The van der Waals surface area contributed by atoms with Gasteiger partial charge in [-0.2, -0.15) is 0 Å². The Balaban J connectivity index is 1.31. The molecule has 2 heterocycles. The summed E-state index contributed by atoms with van der Waals surface area (Å²) in [7, 11) is -3.01. The van der Waals surface area contributed by atoms with Crippen LogP contribution in [-0.4, -0.2) is 17.2 Å². The normalized spacial score (nSPS) is 11.8. The molecule has 0 unspecified atom stereocenters. The van der Waals surface area contributed by atoms with Crippen molar-refractivity contribution < 1.29 is 0 Å². The lowest BCUT2D eigenvalue weighted by molar-refractivity contribution is 1.13. The molecule has 63 heavy (non-hydrogen) atoms. The second-order valence-electron chi connectivity index (χ2n) is 16.4. The van der Waals surface area contributed by atoms with E-state index in [2.05, 4.69) is 264 Å². The first-order valence-corrected chi connectivity index (χ1v) is 23.8. The number of aromatic nitrogens is 2. The molecule has 0 aliphatic carbocycles. The van der Waals surface area contributed by atoms with Crippen LogP contribution < -0.4 is 20.7 Å². The summed E-state index contributed by atoms with van der Waals surface area (Å²) in [6, 6.07) is 94.4. The van der Waals surface area contributed by atoms with Gasteiger partial charge >= 0.3 is 0 Å². The molecule has 3 heteroatoms. The third-order valence-electron chi connectivity index (χ3n) is 13.1. The number of nitrogens with zero attached hydrogens (tertiary/aromatic N) is 2. The van der Waals surface area contributed by atoms with E-state index in [-0.39, 0.29) is 0 Å². The molecule has 0 fully saturated rings. The standard InChI is InChI=1S/C60H42N2Si/c1-6-23-43(24-7-1)48-33-16-19-37-53(48)61-55-39-21-18-35-52(55)58-49(44-25-8-2-9-26-44)41-42-56(60(58)61)62-54-38-20-17-34-50(54)51-36-22-40-57(59(51)62)63(45-27-10-3-11-28-45,46-29-12-4-13-30-46)47-31-14-5-15-32-47/h1-42H. The van der Waals surface area contributed by atoms with Crippen molar-refractivity contribution in [3.8, 4) is 33.6 Å². The lowest BCUT2D eigenvalue weighted by Crippen LogP contribution is -2.75. The van der Waals surface area contributed by atoms with Crippen molar-refractivity contribution in [2.45, 2.75) is 0 Å². The summed E-state index contributed by atoms with van der Waals surface area (Å²) in [6.07, 6.45) is 0. The molecule has 0 amide bonds. The first kappa shape index (κ1) is 36.8. The van der Waals surface area contributed by atoms with Crippen molar-refractivity contribution in [2.24, 2.45) is 0 Å². The molecule has 0 spiro atoms. The average Bonchev–Trinajstić information content (AvgIpc) is 3.90. The van der Waals surface area contributed by atoms with Crippen LogP contribution in [0.4, 0.5) is 0 Å².